The van der Waals surface area contributed by atoms with Crippen molar-refractivity contribution in [2.75, 3.05) is 18.1 Å². The fourth-order valence-corrected chi connectivity index (χ4v) is 2.12. The SMILES string of the molecule is CCCCCCN([N]CCCCC)c1ccccc1. The lowest BCUT2D eigenvalue weighted by Gasteiger charge is -2.23. The minimum Gasteiger partial charge on any atom is -0.291 e. The van der Waals surface area contributed by atoms with E-state index < -0.39 is 0 Å². The molecule has 0 fully saturated rings. The summed E-state index contributed by atoms with van der Waals surface area (Å²) in [5.41, 5.74) is 5.99. The predicted molar refractivity (Wildman–Crippen MR) is 84.5 cm³/mol. The molecule has 0 saturated carbocycles. The second-order valence-corrected chi connectivity index (χ2v) is 5.09. The molecule has 0 amide bonds. The van der Waals surface area contributed by atoms with Crippen LogP contribution in [0.25, 0.3) is 0 Å². The third kappa shape index (κ3) is 7.22. The van der Waals surface area contributed by atoms with Crippen molar-refractivity contribution in [1.29, 1.82) is 0 Å². The molecular weight excluding hydrogens is 232 g/mol. The van der Waals surface area contributed by atoms with Gasteiger partial charge >= 0.3 is 0 Å². The average Bonchev–Trinajstić information content (AvgIpc) is 2.46. The van der Waals surface area contributed by atoms with E-state index in [0.29, 0.717) is 0 Å². The summed E-state index contributed by atoms with van der Waals surface area (Å²) in [7, 11) is 0. The standard InChI is InChI=1S/C17H29N2/c1-3-5-7-12-16-19(18-15-11-6-4-2)17-13-9-8-10-14-17/h8-10,13-14H,3-7,11-12,15-16H2,1-2H3. The summed E-state index contributed by atoms with van der Waals surface area (Å²) in [6.45, 7) is 6.50. The van der Waals surface area contributed by atoms with Crippen LogP contribution in [0.15, 0.2) is 30.3 Å². The summed E-state index contributed by atoms with van der Waals surface area (Å²) in [6.07, 6.45) is 8.91. The first-order chi connectivity index (χ1) is 9.38. The number of benzene rings is 1. The van der Waals surface area contributed by atoms with Crippen LogP contribution < -0.4 is 10.4 Å². The molecule has 2 nitrogen and oxygen atoms in total. The highest BCUT2D eigenvalue weighted by molar-refractivity contribution is 5.44. The molecule has 0 aliphatic rings. The Kier molecular flexibility index (Phi) is 9.17. The summed E-state index contributed by atoms with van der Waals surface area (Å²) >= 11 is 0. The summed E-state index contributed by atoms with van der Waals surface area (Å²) in [5.74, 6) is 0. The van der Waals surface area contributed by atoms with Crippen molar-refractivity contribution in [1.82, 2.24) is 5.43 Å². The summed E-state index contributed by atoms with van der Waals surface area (Å²) in [4.78, 5) is 0. The third-order valence-electron chi connectivity index (χ3n) is 3.31. The van der Waals surface area contributed by atoms with Crippen molar-refractivity contribution in [2.45, 2.75) is 58.8 Å². The molecule has 0 aliphatic heterocycles. The molecule has 0 spiro atoms. The second-order valence-electron chi connectivity index (χ2n) is 5.09. The van der Waals surface area contributed by atoms with E-state index >= 15 is 0 Å². The van der Waals surface area contributed by atoms with Crippen LogP contribution >= 0.6 is 0 Å². The van der Waals surface area contributed by atoms with Gasteiger partial charge in [0.05, 0.1) is 5.69 Å². The Labute approximate surface area is 119 Å². The first-order valence-corrected chi connectivity index (χ1v) is 7.88. The first-order valence-electron chi connectivity index (χ1n) is 7.88. The predicted octanol–water partition coefficient (Wildman–Crippen LogP) is 4.78. The highest BCUT2D eigenvalue weighted by atomic mass is 15.5. The van der Waals surface area contributed by atoms with Crippen LogP contribution in [0.1, 0.15) is 58.8 Å². The molecule has 2 heteroatoms. The zero-order valence-electron chi connectivity index (χ0n) is 12.6. The summed E-state index contributed by atoms with van der Waals surface area (Å²) < 4.78 is 0. The highest BCUT2D eigenvalue weighted by Gasteiger charge is 2.06. The molecule has 1 rings (SSSR count). The molecule has 0 saturated heterocycles. The molecule has 107 valence electrons. The van der Waals surface area contributed by atoms with Crippen LogP contribution in [-0.4, -0.2) is 13.1 Å². The normalized spacial score (nSPS) is 10.6. The highest BCUT2D eigenvalue weighted by Crippen LogP contribution is 2.13. The van der Waals surface area contributed by atoms with Gasteiger partial charge in [0.1, 0.15) is 0 Å². The maximum absolute atomic E-state index is 4.76. The first kappa shape index (κ1) is 16.0. The van der Waals surface area contributed by atoms with Gasteiger partial charge in [0.2, 0.25) is 0 Å². The molecule has 0 N–H and O–H groups in total. The lowest BCUT2D eigenvalue weighted by molar-refractivity contribution is 0.545. The van der Waals surface area contributed by atoms with Crippen molar-refractivity contribution in [3.05, 3.63) is 30.3 Å². The number of hydrogen-bond donors (Lipinski definition) is 0. The molecule has 0 bridgehead atoms. The van der Waals surface area contributed by atoms with Crippen LogP contribution in [0, 0.1) is 0 Å². The van der Waals surface area contributed by atoms with Gasteiger partial charge in [-0.15, -0.1) is 5.43 Å². The van der Waals surface area contributed by atoms with Gasteiger partial charge < -0.3 is 0 Å². The molecule has 1 aromatic carbocycles. The van der Waals surface area contributed by atoms with E-state index in [1.54, 1.807) is 0 Å². The van der Waals surface area contributed by atoms with Gasteiger partial charge in [0.15, 0.2) is 0 Å². The molecule has 19 heavy (non-hydrogen) atoms. The van der Waals surface area contributed by atoms with Gasteiger partial charge in [0, 0.05) is 13.1 Å². The van der Waals surface area contributed by atoms with E-state index in [1.165, 1.54) is 50.6 Å². The molecule has 0 aliphatic carbocycles. The maximum atomic E-state index is 4.76. The second kappa shape index (κ2) is 10.9. The largest absolute Gasteiger partial charge is 0.291 e. The van der Waals surface area contributed by atoms with E-state index in [1.807, 2.05) is 0 Å². The monoisotopic (exact) mass is 261 g/mol. The third-order valence-corrected chi connectivity index (χ3v) is 3.31. The Morgan fingerprint density at radius 3 is 2.21 bits per heavy atom. The Hall–Kier alpha value is -1.02. The minimum atomic E-state index is 0.955. The Morgan fingerprint density at radius 1 is 0.842 bits per heavy atom. The number of nitrogens with zero attached hydrogens (tertiary/aromatic N) is 2. The van der Waals surface area contributed by atoms with Crippen LogP contribution in [0.4, 0.5) is 5.69 Å². The van der Waals surface area contributed by atoms with E-state index in [9.17, 15) is 0 Å². The van der Waals surface area contributed by atoms with Crippen LogP contribution in [0.5, 0.6) is 0 Å². The van der Waals surface area contributed by atoms with E-state index in [2.05, 4.69) is 49.2 Å². The van der Waals surface area contributed by atoms with Gasteiger partial charge in [-0.25, -0.2) is 0 Å². The fraction of sp³-hybridized carbons (Fsp3) is 0.647. The molecule has 0 heterocycles. The molecular formula is C17H29N2. The lowest BCUT2D eigenvalue weighted by Crippen LogP contribution is -2.33. The quantitative estimate of drug-likeness (QED) is 0.414. The maximum Gasteiger partial charge on any atom is 0.0536 e. The topological polar surface area (TPSA) is 17.3 Å². The van der Waals surface area contributed by atoms with Crippen molar-refractivity contribution in [2.24, 2.45) is 0 Å². The van der Waals surface area contributed by atoms with E-state index in [0.717, 1.165) is 13.1 Å². The molecule has 0 aromatic heterocycles. The van der Waals surface area contributed by atoms with Crippen molar-refractivity contribution in [3.8, 4) is 0 Å². The van der Waals surface area contributed by atoms with E-state index in [-0.39, 0.29) is 0 Å². The zero-order chi connectivity index (χ0) is 13.8. The molecule has 0 unspecified atom stereocenters. The summed E-state index contributed by atoms with van der Waals surface area (Å²) in [6, 6.07) is 10.6. The van der Waals surface area contributed by atoms with Crippen LogP contribution in [0.3, 0.4) is 0 Å². The fourth-order valence-electron chi connectivity index (χ4n) is 2.12. The van der Waals surface area contributed by atoms with Gasteiger partial charge in [-0.1, -0.05) is 64.2 Å². The number of hydrogen-bond acceptors (Lipinski definition) is 1. The Bertz CT molecular complexity index is 285. The smallest absolute Gasteiger partial charge is 0.0536 e. The van der Waals surface area contributed by atoms with Crippen LogP contribution in [0.2, 0.25) is 0 Å². The Balaban J connectivity index is 2.39. The number of anilines is 1. The summed E-state index contributed by atoms with van der Waals surface area (Å²) in [5, 5.41) is 2.20. The molecule has 1 radical (unpaired) electrons. The number of para-hydroxylation sites is 1. The van der Waals surface area contributed by atoms with Gasteiger partial charge in [-0.05, 0) is 25.0 Å². The van der Waals surface area contributed by atoms with Gasteiger partial charge in [0.25, 0.3) is 0 Å². The van der Waals surface area contributed by atoms with Crippen LogP contribution in [-0.2, 0) is 0 Å². The van der Waals surface area contributed by atoms with Crippen molar-refractivity contribution < 1.29 is 0 Å². The molecule has 1 aromatic rings. The lowest BCUT2D eigenvalue weighted by atomic mass is 10.2. The average molecular weight is 261 g/mol. The van der Waals surface area contributed by atoms with Crippen molar-refractivity contribution in [3.63, 3.8) is 0 Å². The van der Waals surface area contributed by atoms with E-state index in [4.69, 9.17) is 5.43 Å². The molecule has 0 atom stereocenters. The van der Waals surface area contributed by atoms with Gasteiger partial charge in [-0.2, -0.15) is 0 Å². The number of unbranched alkanes of at least 4 members (excludes halogenated alkanes) is 5. The van der Waals surface area contributed by atoms with Crippen molar-refractivity contribution >= 4 is 5.69 Å². The zero-order valence-corrected chi connectivity index (χ0v) is 12.6. The number of rotatable bonds is 11. The minimum absolute atomic E-state index is 0.955. The van der Waals surface area contributed by atoms with Gasteiger partial charge in [-0.3, -0.25) is 5.01 Å². The Morgan fingerprint density at radius 2 is 1.53 bits per heavy atom.